The molecule has 7 heteroatoms. The van der Waals surface area contributed by atoms with Crippen molar-refractivity contribution in [3.05, 3.63) is 29.3 Å². The van der Waals surface area contributed by atoms with Crippen LogP contribution in [0.2, 0.25) is 0 Å². The number of nitrogens with zero attached hydrogens (tertiary/aromatic N) is 1. The van der Waals surface area contributed by atoms with E-state index < -0.39 is 11.9 Å². The molecule has 5 nitrogen and oxygen atoms in total. The van der Waals surface area contributed by atoms with Crippen molar-refractivity contribution in [2.75, 3.05) is 26.7 Å². The van der Waals surface area contributed by atoms with Gasteiger partial charge in [-0.25, -0.2) is 4.98 Å². The molecule has 0 bridgehead atoms. The number of unbranched alkanes of at least 4 members (excludes halogenated alkanes) is 3. The third-order valence-electron chi connectivity index (χ3n) is 5.12. The number of aromatic nitrogens is 1. The summed E-state index contributed by atoms with van der Waals surface area (Å²) in [7, 11) is 1.43. The van der Waals surface area contributed by atoms with Gasteiger partial charge in [0.15, 0.2) is 5.05 Å². The normalized spacial score (nSPS) is 11.8. The lowest BCUT2D eigenvalue weighted by molar-refractivity contribution is -0.900. The molecule has 1 N–H and O–H groups in total. The Morgan fingerprint density at radius 2 is 1.65 bits per heavy atom. The minimum Gasteiger partial charge on any atom is -0.550 e. The molecule has 0 radical (unpaired) electrons. The number of thiocarbonyl (C=S) groups is 1. The fraction of sp³-hybridized carbons (Fsp3) is 0.625. The maximum absolute atomic E-state index is 10.8. The summed E-state index contributed by atoms with van der Waals surface area (Å²) in [5.74, 6) is -1.70. The molecular formula is C24H38N2O3S2. The van der Waals surface area contributed by atoms with Gasteiger partial charge in [0.2, 0.25) is 0 Å². The predicted molar refractivity (Wildman–Crippen MR) is 132 cm³/mol. The average Bonchev–Trinajstić information content (AvgIpc) is 3.20. The number of carbonyl (C=O) groups is 1. The first-order valence-corrected chi connectivity index (χ1v) is 12.7. The van der Waals surface area contributed by atoms with E-state index in [1.807, 2.05) is 29.2 Å². The number of aliphatic carboxylic acids is 1. The molecule has 174 valence electrons. The lowest BCUT2D eigenvalue weighted by Gasteiger charge is -2.18. The Bertz CT molecular complexity index is 727. The first kappa shape index (κ1) is 27.5. The van der Waals surface area contributed by atoms with Crippen molar-refractivity contribution < 1.29 is 19.5 Å². The second kappa shape index (κ2) is 16.1. The number of nitrogens with one attached hydrogen (secondary N) is 1. The van der Waals surface area contributed by atoms with Crippen LogP contribution >= 0.6 is 23.6 Å². The van der Waals surface area contributed by atoms with Gasteiger partial charge in [-0.2, -0.15) is 0 Å². The van der Waals surface area contributed by atoms with Gasteiger partial charge in [-0.15, -0.1) is 11.3 Å². The minimum atomic E-state index is -1.17. The van der Waals surface area contributed by atoms with Gasteiger partial charge in [-0.05, 0) is 43.6 Å². The van der Waals surface area contributed by atoms with Crippen molar-refractivity contribution >= 4 is 44.8 Å². The molecule has 1 unspecified atom stereocenters. The highest BCUT2D eigenvalue weighted by atomic mass is 32.1. The Kier molecular flexibility index (Phi) is 14.3. The van der Waals surface area contributed by atoms with E-state index in [0.717, 1.165) is 10.2 Å². The third-order valence-corrected chi connectivity index (χ3v) is 6.72. The van der Waals surface area contributed by atoms with Gasteiger partial charge in [-0.1, -0.05) is 52.2 Å². The van der Waals surface area contributed by atoms with E-state index in [2.05, 4.69) is 25.8 Å². The van der Waals surface area contributed by atoms with Crippen LogP contribution in [0.25, 0.3) is 10.2 Å². The minimum absolute atomic E-state index is 0.216. The third kappa shape index (κ3) is 10.5. The second-order valence-corrected chi connectivity index (χ2v) is 9.20. The van der Waals surface area contributed by atoms with Gasteiger partial charge >= 0.3 is 0 Å². The van der Waals surface area contributed by atoms with E-state index in [4.69, 9.17) is 17.0 Å². The van der Waals surface area contributed by atoms with Crippen molar-refractivity contribution in [3.63, 3.8) is 0 Å². The number of carboxylic acids is 1. The number of thiazole rings is 1. The molecule has 0 saturated heterocycles. The zero-order valence-corrected chi connectivity index (χ0v) is 21.1. The molecular weight excluding hydrogens is 428 g/mol. The fourth-order valence-corrected chi connectivity index (χ4v) is 4.61. The molecule has 0 aliphatic rings. The molecule has 0 aliphatic carbocycles. The average molecular weight is 467 g/mol. The molecule has 0 amide bonds. The summed E-state index contributed by atoms with van der Waals surface area (Å²) >= 11 is 6.46. The summed E-state index contributed by atoms with van der Waals surface area (Å²) in [5.41, 5.74) is 0.833. The van der Waals surface area contributed by atoms with Crippen LogP contribution in [0.15, 0.2) is 24.3 Å². The van der Waals surface area contributed by atoms with E-state index in [9.17, 15) is 9.90 Å². The summed E-state index contributed by atoms with van der Waals surface area (Å²) < 4.78 is 5.97. The zero-order chi connectivity index (χ0) is 23.1. The monoisotopic (exact) mass is 466 g/mol. The van der Waals surface area contributed by atoms with Crippen LogP contribution < -0.4 is 10.0 Å². The topological polar surface area (TPSA) is 66.7 Å². The number of hydrogen-bond donors (Lipinski definition) is 1. The number of ether oxygens (including phenoxy) is 1. The van der Waals surface area contributed by atoms with Crippen LogP contribution in [-0.2, 0) is 9.53 Å². The SMILES string of the molecule is CCCC[NH+](CCCC)CCCC.COC(=S)C(CC(=O)[O-])c1nc2ccccc2s1. The van der Waals surface area contributed by atoms with Gasteiger partial charge in [0, 0.05) is 12.4 Å². The second-order valence-electron chi connectivity index (χ2n) is 7.73. The predicted octanol–water partition coefficient (Wildman–Crippen LogP) is 3.77. The fourth-order valence-electron chi connectivity index (χ4n) is 3.27. The zero-order valence-electron chi connectivity index (χ0n) is 19.4. The first-order valence-electron chi connectivity index (χ1n) is 11.4. The lowest BCUT2D eigenvalue weighted by atomic mass is 10.1. The molecule has 2 aromatic rings. The van der Waals surface area contributed by atoms with Crippen molar-refractivity contribution in [2.24, 2.45) is 0 Å². The van der Waals surface area contributed by atoms with Crippen molar-refractivity contribution in [2.45, 2.75) is 71.6 Å². The van der Waals surface area contributed by atoms with Crippen LogP contribution in [0.5, 0.6) is 0 Å². The number of quaternary nitrogens is 1. The first-order chi connectivity index (χ1) is 15.0. The Morgan fingerprint density at radius 3 is 2.10 bits per heavy atom. The van der Waals surface area contributed by atoms with Gasteiger partial charge in [0.1, 0.15) is 5.01 Å². The quantitative estimate of drug-likeness (QED) is 0.455. The summed E-state index contributed by atoms with van der Waals surface area (Å²) in [4.78, 5) is 17.0. The number of carboxylic acid groups (broad SMARTS) is 1. The number of hydrogen-bond acceptors (Lipinski definition) is 6. The molecule has 1 atom stereocenters. The van der Waals surface area contributed by atoms with Crippen molar-refractivity contribution in [1.82, 2.24) is 4.98 Å². The molecule has 1 aromatic heterocycles. The van der Waals surface area contributed by atoms with Gasteiger partial charge in [0.25, 0.3) is 0 Å². The molecule has 31 heavy (non-hydrogen) atoms. The molecule has 0 spiro atoms. The Morgan fingerprint density at radius 1 is 1.10 bits per heavy atom. The van der Waals surface area contributed by atoms with Gasteiger partial charge in [0.05, 0.1) is 42.9 Å². The van der Waals surface area contributed by atoms with Crippen molar-refractivity contribution in [3.8, 4) is 0 Å². The van der Waals surface area contributed by atoms with Gasteiger partial charge < -0.3 is 19.5 Å². The molecule has 1 aromatic carbocycles. The smallest absolute Gasteiger partial charge is 0.169 e. The van der Waals surface area contributed by atoms with Crippen LogP contribution in [0, 0.1) is 0 Å². The van der Waals surface area contributed by atoms with E-state index >= 15 is 0 Å². The van der Waals surface area contributed by atoms with E-state index in [1.54, 1.807) is 0 Å². The van der Waals surface area contributed by atoms with E-state index in [-0.39, 0.29) is 11.5 Å². The highest BCUT2D eigenvalue weighted by Crippen LogP contribution is 2.30. The highest BCUT2D eigenvalue weighted by molar-refractivity contribution is 7.80. The Labute approximate surface area is 196 Å². The maximum atomic E-state index is 10.8. The Balaban J connectivity index is 0.000000330. The van der Waals surface area contributed by atoms with Crippen LogP contribution in [-0.4, -0.2) is 42.7 Å². The molecule has 0 aliphatic heterocycles. The van der Waals surface area contributed by atoms with E-state index in [1.165, 1.54) is 76.6 Å². The molecule has 0 fully saturated rings. The molecule has 2 rings (SSSR count). The van der Waals surface area contributed by atoms with Crippen molar-refractivity contribution in [1.29, 1.82) is 0 Å². The summed E-state index contributed by atoms with van der Waals surface area (Å²) in [6, 6.07) is 7.60. The number of carbonyl (C=O) groups excluding carboxylic acids is 1. The van der Waals surface area contributed by atoms with Crippen LogP contribution in [0.1, 0.15) is 76.6 Å². The number of fused-ring (bicyclic) bond motifs is 1. The number of benzene rings is 1. The summed E-state index contributed by atoms with van der Waals surface area (Å²) in [6.07, 6.45) is 8.05. The number of rotatable bonds is 13. The summed E-state index contributed by atoms with van der Waals surface area (Å²) in [6.45, 7) is 11.1. The largest absolute Gasteiger partial charge is 0.550 e. The van der Waals surface area contributed by atoms with Crippen LogP contribution in [0.4, 0.5) is 0 Å². The Hall–Kier alpha value is -1.57. The molecule has 1 heterocycles. The van der Waals surface area contributed by atoms with E-state index in [0.29, 0.717) is 5.01 Å². The number of methoxy groups -OCH3 is 1. The maximum Gasteiger partial charge on any atom is 0.169 e. The van der Waals surface area contributed by atoms with Crippen LogP contribution in [0.3, 0.4) is 0 Å². The lowest BCUT2D eigenvalue weighted by Crippen LogP contribution is -3.12. The number of para-hydroxylation sites is 1. The molecule has 0 saturated carbocycles. The summed E-state index contributed by atoms with van der Waals surface area (Å²) in [5, 5.41) is 11.6. The highest BCUT2D eigenvalue weighted by Gasteiger charge is 2.22. The van der Waals surface area contributed by atoms with Gasteiger partial charge in [-0.3, -0.25) is 0 Å². The standard InChI is InChI=1S/C12H11NO3S2.C12H27N/c1-16-12(17)7(6-10(14)15)11-13-8-4-2-3-5-9(8)18-11;1-4-7-10-13(11-8-5-2)12-9-6-3/h2-5,7H,6H2,1H3,(H,14,15);4-12H2,1-3H3.